The number of amides is 1. The highest BCUT2D eigenvalue weighted by atomic mass is 16.5. The van der Waals surface area contributed by atoms with Crippen molar-refractivity contribution in [3.8, 4) is 5.88 Å². The van der Waals surface area contributed by atoms with E-state index in [1.54, 1.807) is 25.1 Å². The molecule has 1 heterocycles. The van der Waals surface area contributed by atoms with Gasteiger partial charge < -0.3 is 15.0 Å². The fourth-order valence-corrected chi connectivity index (χ4v) is 1.73. The molecule has 0 aliphatic carbocycles. The van der Waals surface area contributed by atoms with E-state index in [2.05, 4.69) is 15.5 Å². The summed E-state index contributed by atoms with van der Waals surface area (Å²) in [6.45, 7) is 2.10. The molecule has 1 aromatic carbocycles. The summed E-state index contributed by atoms with van der Waals surface area (Å²) in [7, 11) is 3.30. The summed E-state index contributed by atoms with van der Waals surface area (Å²) in [4.78, 5) is 12.9. The fourth-order valence-electron chi connectivity index (χ4n) is 1.73. The maximum absolute atomic E-state index is 11.3. The molecule has 21 heavy (non-hydrogen) atoms. The lowest BCUT2D eigenvalue weighted by atomic mass is 10.2. The average Bonchev–Trinajstić information content (AvgIpc) is 2.53. The second kappa shape index (κ2) is 6.69. The second-order valence-corrected chi connectivity index (χ2v) is 4.55. The molecule has 6 heteroatoms. The van der Waals surface area contributed by atoms with Crippen LogP contribution in [0.4, 0.5) is 11.4 Å². The number of rotatable bonds is 5. The van der Waals surface area contributed by atoms with Crippen molar-refractivity contribution in [2.75, 3.05) is 24.4 Å². The first-order valence-corrected chi connectivity index (χ1v) is 6.55. The smallest absolute Gasteiger partial charge is 0.233 e. The Kier molecular flexibility index (Phi) is 4.71. The van der Waals surface area contributed by atoms with Gasteiger partial charge in [0, 0.05) is 31.4 Å². The predicted molar refractivity (Wildman–Crippen MR) is 81.4 cm³/mol. The summed E-state index contributed by atoms with van der Waals surface area (Å²) in [6, 6.07) is 11.3. The largest absolute Gasteiger partial charge is 0.480 e. The van der Waals surface area contributed by atoms with E-state index in [9.17, 15) is 4.79 Å². The van der Waals surface area contributed by atoms with Crippen LogP contribution in [0, 0.1) is 0 Å². The molecule has 0 spiro atoms. The minimum absolute atomic E-state index is 0.00390. The van der Waals surface area contributed by atoms with Crippen LogP contribution in [-0.4, -0.2) is 30.3 Å². The Hall–Kier alpha value is -2.63. The van der Waals surface area contributed by atoms with Crippen LogP contribution in [0.1, 0.15) is 12.6 Å². The number of carbonyl (C=O) groups excluding carboxylic acids is 1. The number of anilines is 2. The summed E-state index contributed by atoms with van der Waals surface area (Å²) in [5, 5.41) is 11.2. The van der Waals surface area contributed by atoms with E-state index < -0.39 is 0 Å². The van der Waals surface area contributed by atoms with Gasteiger partial charge in [-0.05, 0) is 30.3 Å². The Bertz CT molecular complexity index is 596. The second-order valence-electron chi connectivity index (χ2n) is 4.55. The maximum atomic E-state index is 11.3. The number of nitrogens with zero attached hydrogens (tertiary/aromatic N) is 3. The molecule has 1 N–H and O–H groups in total. The molecule has 2 aromatic rings. The molecule has 0 fully saturated rings. The number of hydrogen-bond acceptors (Lipinski definition) is 5. The summed E-state index contributed by atoms with van der Waals surface area (Å²) >= 11 is 0. The van der Waals surface area contributed by atoms with Crippen molar-refractivity contribution in [1.29, 1.82) is 0 Å². The first-order chi connectivity index (χ1) is 10.1. The topological polar surface area (TPSA) is 67.3 Å². The van der Waals surface area contributed by atoms with Crippen LogP contribution in [0.5, 0.6) is 5.88 Å². The molecule has 0 bridgehead atoms. The molecule has 110 valence electrons. The van der Waals surface area contributed by atoms with Gasteiger partial charge >= 0.3 is 0 Å². The minimum Gasteiger partial charge on any atom is -0.480 e. The third-order valence-corrected chi connectivity index (χ3v) is 3.11. The van der Waals surface area contributed by atoms with Crippen LogP contribution in [0.25, 0.3) is 0 Å². The molecule has 0 atom stereocenters. The molecular formula is C15H18N4O2. The molecule has 0 aliphatic rings. The monoisotopic (exact) mass is 286 g/mol. The van der Waals surface area contributed by atoms with Crippen molar-refractivity contribution < 1.29 is 9.53 Å². The van der Waals surface area contributed by atoms with Crippen LogP contribution in [0.3, 0.4) is 0 Å². The van der Waals surface area contributed by atoms with Gasteiger partial charge in [-0.1, -0.05) is 0 Å². The number of hydrogen-bond donors (Lipinski definition) is 1. The van der Waals surface area contributed by atoms with Crippen LogP contribution >= 0.6 is 0 Å². The highest BCUT2D eigenvalue weighted by Gasteiger charge is 2.05. The van der Waals surface area contributed by atoms with Gasteiger partial charge in [0.1, 0.15) is 0 Å². The zero-order chi connectivity index (χ0) is 15.2. The van der Waals surface area contributed by atoms with E-state index in [4.69, 9.17) is 4.74 Å². The molecule has 1 amide bonds. The van der Waals surface area contributed by atoms with Crippen molar-refractivity contribution >= 4 is 17.3 Å². The molecule has 0 saturated heterocycles. The lowest BCUT2D eigenvalue weighted by molar-refractivity contribution is -0.116. The van der Waals surface area contributed by atoms with Gasteiger partial charge in [-0.25, -0.2) is 0 Å². The highest BCUT2D eigenvalue weighted by molar-refractivity contribution is 5.90. The van der Waals surface area contributed by atoms with Crippen LogP contribution in [0.15, 0.2) is 36.4 Å². The van der Waals surface area contributed by atoms with Crippen molar-refractivity contribution in [1.82, 2.24) is 10.2 Å². The number of ether oxygens (including phenoxy) is 1. The van der Waals surface area contributed by atoms with Crippen molar-refractivity contribution in [3.63, 3.8) is 0 Å². The highest BCUT2D eigenvalue weighted by Crippen LogP contribution is 2.17. The van der Waals surface area contributed by atoms with E-state index in [-0.39, 0.29) is 5.91 Å². The van der Waals surface area contributed by atoms with E-state index >= 15 is 0 Å². The molecule has 1 aromatic heterocycles. The van der Waals surface area contributed by atoms with E-state index in [1.807, 2.05) is 30.3 Å². The zero-order valence-corrected chi connectivity index (χ0v) is 12.3. The van der Waals surface area contributed by atoms with Gasteiger partial charge in [-0.3, -0.25) is 4.79 Å². The predicted octanol–water partition coefficient (Wildman–Crippen LogP) is 2.08. The number of benzene rings is 1. The molecule has 6 nitrogen and oxygen atoms in total. The first-order valence-electron chi connectivity index (χ1n) is 6.55. The van der Waals surface area contributed by atoms with Crippen LogP contribution in [-0.2, 0) is 11.3 Å². The van der Waals surface area contributed by atoms with Crippen LogP contribution in [0.2, 0.25) is 0 Å². The van der Waals surface area contributed by atoms with E-state index in [1.165, 1.54) is 6.92 Å². The van der Waals surface area contributed by atoms with Gasteiger partial charge in [-0.2, -0.15) is 5.10 Å². The molecule has 2 rings (SSSR count). The van der Waals surface area contributed by atoms with Crippen molar-refractivity contribution in [2.24, 2.45) is 0 Å². The van der Waals surface area contributed by atoms with Crippen molar-refractivity contribution in [2.45, 2.75) is 13.5 Å². The Balaban J connectivity index is 1.95. The quantitative estimate of drug-likeness (QED) is 0.911. The standard InChI is InChI=1S/C15H18N4O2/c1-11(20)19(2)14-7-4-12(5-8-14)16-10-13-6-9-15(21-3)18-17-13/h4-9,16H,10H2,1-3H3. The Labute approximate surface area is 123 Å². The lowest BCUT2D eigenvalue weighted by Gasteiger charge is -2.15. The third kappa shape index (κ3) is 3.92. The molecule has 0 saturated carbocycles. The SMILES string of the molecule is COc1ccc(CNc2ccc(N(C)C(C)=O)cc2)nn1. The van der Waals surface area contributed by atoms with Crippen molar-refractivity contribution in [3.05, 3.63) is 42.1 Å². The molecule has 0 aliphatic heterocycles. The number of nitrogens with one attached hydrogen (secondary N) is 1. The number of carbonyl (C=O) groups is 1. The summed E-state index contributed by atoms with van der Waals surface area (Å²) in [6.07, 6.45) is 0. The Morgan fingerprint density at radius 1 is 1.19 bits per heavy atom. The molecular weight excluding hydrogens is 268 g/mol. The fraction of sp³-hybridized carbons (Fsp3) is 0.267. The van der Waals surface area contributed by atoms with Gasteiger partial charge in [0.05, 0.1) is 19.3 Å². The minimum atomic E-state index is 0.00390. The number of methoxy groups -OCH3 is 1. The first kappa shape index (κ1) is 14.8. The van der Waals surface area contributed by atoms with E-state index in [0.29, 0.717) is 12.4 Å². The normalized spacial score (nSPS) is 10.0. The Morgan fingerprint density at radius 3 is 2.43 bits per heavy atom. The average molecular weight is 286 g/mol. The third-order valence-electron chi connectivity index (χ3n) is 3.11. The summed E-state index contributed by atoms with van der Waals surface area (Å²) in [5.41, 5.74) is 2.63. The van der Waals surface area contributed by atoms with Gasteiger partial charge in [0.25, 0.3) is 0 Å². The summed E-state index contributed by atoms with van der Waals surface area (Å²) < 4.78 is 4.96. The molecule has 0 radical (unpaired) electrons. The zero-order valence-electron chi connectivity index (χ0n) is 12.3. The molecule has 0 unspecified atom stereocenters. The Morgan fingerprint density at radius 2 is 1.90 bits per heavy atom. The maximum Gasteiger partial charge on any atom is 0.233 e. The summed E-state index contributed by atoms with van der Waals surface area (Å²) in [5.74, 6) is 0.500. The van der Waals surface area contributed by atoms with E-state index in [0.717, 1.165) is 17.1 Å². The van der Waals surface area contributed by atoms with Gasteiger partial charge in [-0.15, -0.1) is 5.10 Å². The lowest BCUT2D eigenvalue weighted by Crippen LogP contribution is -2.22. The van der Waals surface area contributed by atoms with Gasteiger partial charge in [0.2, 0.25) is 11.8 Å². The van der Waals surface area contributed by atoms with Gasteiger partial charge in [0.15, 0.2) is 0 Å². The van der Waals surface area contributed by atoms with Crippen LogP contribution < -0.4 is 15.0 Å². The number of aromatic nitrogens is 2.